The number of para-hydroxylation sites is 2. The second-order valence-corrected chi connectivity index (χ2v) is 6.43. The summed E-state index contributed by atoms with van der Waals surface area (Å²) in [4.78, 5) is 28.6. The second-order valence-electron chi connectivity index (χ2n) is 6.43. The smallest absolute Gasteiger partial charge is 0.267 e. The largest absolute Gasteiger partial charge is 0.619 e. The molecular formula is C19H19N3O5. The Balaban J connectivity index is 1.35. The Hall–Kier alpha value is -3.29. The van der Waals surface area contributed by atoms with Crippen LogP contribution in [0.25, 0.3) is 0 Å². The Bertz CT molecular complexity index is 864. The topological polar surface area (TPSA) is 86.0 Å². The first-order chi connectivity index (χ1) is 13.1. The van der Waals surface area contributed by atoms with E-state index in [1.807, 2.05) is 12.1 Å². The van der Waals surface area contributed by atoms with E-state index < -0.39 is 6.10 Å². The van der Waals surface area contributed by atoms with E-state index in [-0.39, 0.29) is 18.4 Å². The summed E-state index contributed by atoms with van der Waals surface area (Å²) in [6, 6.07) is 10.4. The summed E-state index contributed by atoms with van der Waals surface area (Å²) < 4.78 is 12.0. The predicted octanol–water partition coefficient (Wildman–Crippen LogP) is 0.444. The number of ether oxygens (including phenoxy) is 2. The minimum atomic E-state index is -0.685. The number of fused-ring (bicyclic) bond motifs is 1. The Labute approximate surface area is 156 Å². The van der Waals surface area contributed by atoms with Crippen LogP contribution in [0.3, 0.4) is 0 Å². The van der Waals surface area contributed by atoms with Gasteiger partial charge in [-0.3, -0.25) is 9.59 Å². The van der Waals surface area contributed by atoms with Crippen LogP contribution in [0, 0.1) is 5.21 Å². The molecule has 1 fully saturated rings. The van der Waals surface area contributed by atoms with Crippen LogP contribution in [-0.4, -0.2) is 60.5 Å². The van der Waals surface area contributed by atoms with E-state index in [4.69, 9.17) is 9.47 Å². The first-order valence-corrected chi connectivity index (χ1v) is 8.77. The summed E-state index contributed by atoms with van der Waals surface area (Å²) in [5.74, 6) is 0.841. The number of carbonyl (C=O) groups is 2. The van der Waals surface area contributed by atoms with Gasteiger partial charge in [0.15, 0.2) is 23.9 Å². The van der Waals surface area contributed by atoms with Crippen LogP contribution in [0.5, 0.6) is 11.5 Å². The number of piperazine rings is 1. The summed E-state index contributed by atoms with van der Waals surface area (Å²) in [5.41, 5.74) is 0.341. The summed E-state index contributed by atoms with van der Waals surface area (Å²) >= 11 is 0. The minimum absolute atomic E-state index is 0.145. The van der Waals surface area contributed by atoms with Gasteiger partial charge in [-0.15, -0.1) is 0 Å². The van der Waals surface area contributed by atoms with Gasteiger partial charge in [0.25, 0.3) is 11.8 Å². The monoisotopic (exact) mass is 369 g/mol. The molecule has 140 valence electrons. The molecule has 8 nitrogen and oxygen atoms in total. The van der Waals surface area contributed by atoms with Crippen molar-refractivity contribution in [1.29, 1.82) is 0 Å². The molecule has 1 atom stereocenters. The molecule has 1 aromatic carbocycles. The van der Waals surface area contributed by atoms with Crippen LogP contribution >= 0.6 is 0 Å². The van der Waals surface area contributed by atoms with Gasteiger partial charge in [-0.25, -0.2) is 0 Å². The SMILES string of the molecule is O=C(c1ccc[n+]([O-])c1)N1CCN(C(=O)C2COc3ccccc3O2)CC1. The summed E-state index contributed by atoms with van der Waals surface area (Å²) in [5, 5.41) is 11.3. The fraction of sp³-hybridized carbons (Fsp3) is 0.316. The Morgan fingerprint density at radius 2 is 1.70 bits per heavy atom. The molecular weight excluding hydrogens is 350 g/mol. The predicted molar refractivity (Wildman–Crippen MR) is 94.2 cm³/mol. The number of nitrogens with zero attached hydrogens (tertiary/aromatic N) is 3. The highest BCUT2D eigenvalue weighted by Crippen LogP contribution is 2.31. The molecule has 0 bridgehead atoms. The normalized spacial score (nSPS) is 18.9. The van der Waals surface area contributed by atoms with Crippen LogP contribution in [0.15, 0.2) is 48.8 Å². The minimum Gasteiger partial charge on any atom is -0.619 e. The van der Waals surface area contributed by atoms with Crippen molar-refractivity contribution in [2.45, 2.75) is 6.10 Å². The molecule has 2 aliphatic rings. The molecule has 1 aromatic heterocycles. The van der Waals surface area contributed by atoms with Crippen LogP contribution in [0.2, 0.25) is 0 Å². The maximum Gasteiger partial charge on any atom is 0.267 e. The fourth-order valence-corrected chi connectivity index (χ4v) is 3.24. The lowest BCUT2D eigenvalue weighted by molar-refractivity contribution is -0.605. The van der Waals surface area contributed by atoms with Crippen molar-refractivity contribution in [1.82, 2.24) is 9.80 Å². The van der Waals surface area contributed by atoms with Crippen LogP contribution in [0.4, 0.5) is 0 Å². The molecule has 0 aliphatic carbocycles. The molecule has 3 heterocycles. The third-order valence-corrected chi connectivity index (χ3v) is 4.68. The van der Waals surface area contributed by atoms with Crippen molar-refractivity contribution in [3.05, 3.63) is 59.6 Å². The van der Waals surface area contributed by atoms with Crippen LogP contribution < -0.4 is 14.2 Å². The van der Waals surface area contributed by atoms with Gasteiger partial charge in [0, 0.05) is 32.2 Å². The van der Waals surface area contributed by atoms with Gasteiger partial charge < -0.3 is 24.5 Å². The highest BCUT2D eigenvalue weighted by atomic mass is 16.6. The molecule has 0 radical (unpaired) electrons. The Kier molecular flexibility index (Phi) is 4.53. The molecule has 0 saturated carbocycles. The van der Waals surface area contributed by atoms with Gasteiger partial charge in [0.1, 0.15) is 12.2 Å². The van der Waals surface area contributed by atoms with Gasteiger partial charge in [-0.05, 0) is 18.2 Å². The Morgan fingerprint density at radius 3 is 2.44 bits per heavy atom. The molecule has 0 N–H and O–H groups in total. The van der Waals surface area contributed by atoms with E-state index in [0.29, 0.717) is 48.0 Å². The zero-order valence-corrected chi connectivity index (χ0v) is 14.6. The molecule has 0 spiro atoms. The average Bonchev–Trinajstić information content (AvgIpc) is 2.72. The van der Waals surface area contributed by atoms with Crippen LogP contribution in [0.1, 0.15) is 10.4 Å². The van der Waals surface area contributed by atoms with Gasteiger partial charge in [-0.1, -0.05) is 12.1 Å². The number of amides is 2. The van der Waals surface area contributed by atoms with Crippen molar-refractivity contribution in [3.8, 4) is 11.5 Å². The molecule has 2 aromatic rings. The third-order valence-electron chi connectivity index (χ3n) is 4.68. The van der Waals surface area contributed by atoms with Gasteiger partial charge in [-0.2, -0.15) is 4.73 Å². The van der Waals surface area contributed by atoms with Crippen molar-refractivity contribution in [2.75, 3.05) is 32.8 Å². The molecule has 1 unspecified atom stereocenters. The highest BCUT2D eigenvalue weighted by molar-refractivity contribution is 5.94. The molecule has 1 saturated heterocycles. The van der Waals surface area contributed by atoms with Gasteiger partial charge in [0.2, 0.25) is 6.10 Å². The van der Waals surface area contributed by atoms with Crippen LogP contribution in [-0.2, 0) is 4.79 Å². The number of hydrogen-bond acceptors (Lipinski definition) is 5. The highest BCUT2D eigenvalue weighted by Gasteiger charge is 2.33. The maximum absolute atomic E-state index is 12.7. The molecule has 2 aliphatic heterocycles. The van der Waals surface area contributed by atoms with E-state index in [2.05, 4.69) is 0 Å². The van der Waals surface area contributed by atoms with E-state index in [0.717, 1.165) is 0 Å². The number of rotatable bonds is 2. The number of hydrogen-bond donors (Lipinski definition) is 0. The van der Waals surface area contributed by atoms with E-state index in [1.165, 1.54) is 18.5 Å². The second kappa shape index (κ2) is 7.14. The number of aromatic nitrogens is 1. The summed E-state index contributed by atoms with van der Waals surface area (Å²) in [7, 11) is 0. The Morgan fingerprint density at radius 1 is 1.00 bits per heavy atom. The molecule has 4 rings (SSSR count). The molecule has 27 heavy (non-hydrogen) atoms. The van der Waals surface area contributed by atoms with Gasteiger partial charge in [0.05, 0.1) is 0 Å². The number of benzene rings is 1. The zero-order valence-electron chi connectivity index (χ0n) is 14.6. The van der Waals surface area contributed by atoms with E-state index >= 15 is 0 Å². The van der Waals surface area contributed by atoms with Crippen molar-refractivity contribution in [3.63, 3.8) is 0 Å². The third kappa shape index (κ3) is 3.51. The standard InChI is InChI=1S/C19H19N3O5/c23-18(14-4-3-7-22(25)12-14)20-8-10-21(11-9-20)19(24)17-13-26-15-5-1-2-6-16(15)27-17/h1-7,12,17H,8-11,13H2. The summed E-state index contributed by atoms with van der Waals surface area (Å²) in [6.45, 7) is 1.81. The lowest BCUT2D eigenvalue weighted by Gasteiger charge is -2.37. The van der Waals surface area contributed by atoms with Crippen molar-refractivity contribution in [2.24, 2.45) is 0 Å². The zero-order chi connectivity index (χ0) is 18.8. The molecule has 2 amide bonds. The molecule has 8 heteroatoms. The lowest BCUT2D eigenvalue weighted by atomic mass is 10.2. The summed E-state index contributed by atoms with van der Waals surface area (Å²) in [6.07, 6.45) is 1.90. The van der Waals surface area contributed by atoms with E-state index in [1.54, 1.807) is 28.0 Å². The van der Waals surface area contributed by atoms with Crippen molar-refractivity contribution >= 4 is 11.8 Å². The van der Waals surface area contributed by atoms with Gasteiger partial charge >= 0.3 is 0 Å². The van der Waals surface area contributed by atoms with E-state index in [9.17, 15) is 14.8 Å². The fourth-order valence-electron chi connectivity index (χ4n) is 3.24. The average molecular weight is 369 g/mol. The maximum atomic E-state index is 12.7. The lowest BCUT2D eigenvalue weighted by Crippen LogP contribution is -2.55. The number of pyridine rings is 1. The first-order valence-electron chi connectivity index (χ1n) is 8.77. The first kappa shape index (κ1) is 17.1. The number of carbonyl (C=O) groups excluding carboxylic acids is 2. The quantitative estimate of drug-likeness (QED) is 0.567. The van der Waals surface area contributed by atoms with Crippen molar-refractivity contribution < 1.29 is 23.8 Å².